The summed E-state index contributed by atoms with van der Waals surface area (Å²) in [5.74, 6) is 0. The van der Waals surface area contributed by atoms with Gasteiger partial charge in [0.2, 0.25) is 0 Å². The highest BCUT2D eigenvalue weighted by atomic mass is 14.0. The SMILES string of the molecule is C=C(C)CCC1=CCCC=C1. The number of hydrogen-bond acceptors (Lipinski definition) is 0. The molecule has 0 heteroatoms. The smallest absolute Gasteiger partial charge is 0.0245 e. The van der Waals surface area contributed by atoms with Crippen molar-refractivity contribution in [1.29, 1.82) is 0 Å². The van der Waals surface area contributed by atoms with Crippen LogP contribution >= 0.6 is 0 Å². The van der Waals surface area contributed by atoms with Gasteiger partial charge in [0, 0.05) is 0 Å². The summed E-state index contributed by atoms with van der Waals surface area (Å²) in [5, 5.41) is 0. The Morgan fingerprint density at radius 2 is 2.36 bits per heavy atom. The van der Waals surface area contributed by atoms with Gasteiger partial charge < -0.3 is 0 Å². The molecule has 0 N–H and O–H groups in total. The minimum absolute atomic E-state index is 1.14. The Morgan fingerprint density at radius 1 is 1.55 bits per heavy atom. The molecule has 0 heterocycles. The Kier molecular flexibility index (Phi) is 3.15. The Balaban J connectivity index is 2.31. The third kappa shape index (κ3) is 3.22. The molecule has 0 spiro atoms. The fourth-order valence-corrected chi connectivity index (χ4v) is 1.21. The van der Waals surface area contributed by atoms with Crippen LogP contribution in [0.15, 0.2) is 36.0 Å². The summed E-state index contributed by atoms with van der Waals surface area (Å²) < 4.78 is 0. The molecule has 0 nitrogen and oxygen atoms in total. The van der Waals surface area contributed by atoms with E-state index in [1.807, 2.05) is 0 Å². The number of allylic oxidation sites excluding steroid dienone is 5. The highest BCUT2D eigenvalue weighted by Crippen LogP contribution is 2.16. The molecule has 0 atom stereocenters. The molecule has 1 aliphatic carbocycles. The van der Waals surface area contributed by atoms with E-state index in [0.29, 0.717) is 0 Å². The lowest BCUT2D eigenvalue weighted by atomic mass is 10.0. The summed E-state index contributed by atoms with van der Waals surface area (Å²) in [6.07, 6.45) is 11.6. The van der Waals surface area contributed by atoms with E-state index in [4.69, 9.17) is 0 Å². The lowest BCUT2D eigenvalue weighted by Gasteiger charge is -2.05. The van der Waals surface area contributed by atoms with Gasteiger partial charge in [-0.25, -0.2) is 0 Å². The normalized spacial score (nSPS) is 16.3. The topological polar surface area (TPSA) is 0 Å². The van der Waals surface area contributed by atoms with Crippen LogP contribution in [-0.4, -0.2) is 0 Å². The van der Waals surface area contributed by atoms with Crippen LogP contribution in [0.2, 0.25) is 0 Å². The van der Waals surface area contributed by atoms with Gasteiger partial charge in [0.25, 0.3) is 0 Å². The van der Waals surface area contributed by atoms with Crippen LogP contribution in [0.25, 0.3) is 0 Å². The summed E-state index contributed by atoms with van der Waals surface area (Å²) in [7, 11) is 0. The van der Waals surface area contributed by atoms with Crippen LogP contribution in [0, 0.1) is 0 Å². The minimum atomic E-state index is 1.14. The zero-order valence-electron chi connectivity index (χ0n) is 7.27. The summed E-state index contributed by atoms with van der Waals surface area (Å²) in [5.41, 5.74) is 2.77. The Morgan fingerprint density at radius 3 is 2.91 bits per heavy atom. The largest absolute Gasteiger partial charge is 0.100 e. The van der Waals surface area contributed by atoms with Crippen molar-refractivity contribution in [3.63, 3.8) is 0 Å². The molecule has 0 aromatic carbocycles. The molecule has 60 valence electrons. The predicted octanol–water partition coefficient (Wildman–Crippen LogP) is 3.62. The molecule has 0 saturated heterocycles. The van der Waals surface area contributed by atoms with Crippen molar-refractivity contribution in [3.05, 3.63) is 36.0 Å². The molecule has 0 saturated carbocycles. The maximum absolute atomic E-state index is 3.89. The molecule has 0 fully saturated rings. The second-order valence-electron chi connectivity index (χ2n) is 3.22. The van der Waals surface area contributed by atoms with Gasteiger partial charge in [0.1, 0.15) is 0 Å². The van der Waals surface area contributed by atoms with Crippen LogP contribution in [0.5, 0.6) is 0 Å². The van der Waals surface area contributed by atoms with Gasteiger partial charge in [-0.3, -0.25) is 0 Å². The molecule has 1 rings (SSSR count). The van der Waals surface area contributed by atoms with Crippen molar-refractivity contribution < 1.29 is 0 Å². The van der Waals surface area contributed by atoms with Crippen LogP contribution in [0.3, 0.4) is 0 Å². The van der Waals surface area contributed by atoms with Crippen molar-refractivity contribution in [2.45, 2.75) is 32.6 Å². The lowest BCUT2D eigenvalue weighted by Crippen LogP contribution is -1.85. The summed E-state index contributed by atoms with van der Waals surface area (Å²) in [6, 6.07) is 0. The van der Waals surface area contributed by atoms with Crippen LogP contribution in [-0.2, 0) is 0 Å². The molecule has 0 aromatic heterocycles. The van der Waals surface area contributed by atoms with Gasteiger partial charge in [-0.15, -0.1) is 6.58 Å². The third-order valence-electron chi connectivity index (χ3n) is 1.91. The molecule has 1 aliphatic rings. The first kappa shape index (κ1) is 8.32. The van der Waals surface area contributed by atoms with Gasteiger partial charge in [-0.2, -0.15) is 0 Å². The molecule has 0 amide bonds. The van der Waals surface area contributed by atoms with E-state index < -0.39 is 0 Å². The van der Waals surface area contributed by atoms with Crippen molar-refractivity contribution in [2.75, 3.05) is 0 Å². The second-order valence-corrected chi connectivity index (χ2v) is 3.22. The zero-order valence-corrected chi connectivity index (χ0v) is 7.27. The van der Waals surface area contributed by atoms with Crippen molar-refractivity contribution in [3.8, 4) is 0 Å². The maximum Gasteiger partial charge on any atom is -0.0245 e. The van der Waals surface area contributed by atoms with Gasteiger partial charge in [-0.1, -0.05) is 29.4 Å². The third-order valence-corrected chi connectivity index (χ3v) is 1.91. The molecule has 0 unspecified atom stereocenters. The average molecular weight is 148 g/mol. The van der Waals surface area contributed by atoms with E-state index >= 15 is 0 Å². The average Bonchev–Trinajstić information content (AvgIpc) is 2.03. The van der Waals surface area contributed by atoms with Gasteiger partial charge in [0.15, 0.2) is 0 Å². The van der Waals surface area contributed by atoms with Crippen molar-refractivity contribution in [2.24, 2.45) is 0 Å². The van der Waals surface area contributed by atoms with E-state index in [0.717, 1.165) is 6.42 Å². The molecular weight excluding hydrogens is 132 g/mol. The fraction of sp³-hybridized carbons (Fsp3) is 0.455. The first-order chi connectivity index (χ1) is 5.29. The van der Waals surface area contributed by atoms with E-state index in [2.05, 4.69) is 31.7 Å². The molecular formula is C11H16. The molecule has 0 aliphatic heterocycles. The maximum atomic E-state index is 3.89. The van der Waals surface area contributed by atoms with E-state index in [-0.39, 0.29) is 0 Å². The number of rotatable bonds is 3. The second kappa shape index (κ2) is 4.17. The van der Waals surface area contributed by atoms with Crippen LogP contribution in [0.4, 0.5) is 0 Å². The Bertz CT molecular complexity index is 194. The summed E-state index contributed by atoms with van der Waals surface area (Å²) in [6.45, 7) is 5.98. The highest BCUT2D eigenvalue weighted by Gasteiger charge is 1.96. The summed E-state index contributed by atoms with van der Waals surface area (Å²) in [4.78, 5) is 0. The molecule has 0 radical (unpaired) electrons. The van der Waals surface area contributed by atoms with Crippen LogP contribution < -0.4 is 0 Å². The van der Waals surface area contributed by atoms with Crippen molar-refractivity contribution in [1.82, 2.24) is 0 Å². The predicted molar refractivity (Wildman–Crippen MR) is 50.5 cm³/mol. The van der Waals surface area contributed by atoms with Gasteiger partial charge in [0.05, 0.1) is 0 Å². The lowest BCUT2D eigenvalue weighted by molar-refractivity contribution is 0.912. The Labute approximate surface area is 69.3 Å². The first-order valence-electron chi connectivity index (χ1n) is 4.29. The van der Waals surface area contributed by atoms with E-state index in [1.54, 1.807) is 0 Å². The highest BCUT2D eigenvalue weighted by molar-refractivity contribution is 5.22. The molecule has 0 aromatic rings. The monoisotopic (exact) mass is 148 g/mol. The zero-order chi connectivity index (χ0) is 8.10. The van der Waals surface area contributed by atoms with E-state index in [9.17, 15) is 0 Å². The van der Waals surface area contributed by atoms with E-state index in [1.165, 1.54) is 30.4 Å². The van der Waals surface area contributed by atoms with Crippen LogP contribution in [0.1, 0.15) is 32.6 Å². The number of hydrogen-bond donors (Lipinski definition) is 0. The standard InChI is InChI=1S/C11H16/c1-10(2)8-9-11-6-4-3-5-7-11/h4,6-7H,1,3,5,8-9H2,2H3. The first-order valence-corrected chi connectivity index (χ1v) is 4.29. The Hall–Kier alpha value is -0.780. The molecule has 11 heavy (non-hydrogen) atoms. The van der Waals surface area contributed by atoms with Gasteiger partial charge in [-0.05, 0) is 32.6 Å². The fourth-order valence-electron chi connectivity index (χ4n) is 1.21. The minimum Gasteiger partial charge on any atom is -0.100 e. The van der Waals surface area contributed by atoms with Gasteiger partial charge >= 0.3 is 0 Å². The summed E-state index contributed by atoms with van der Waals surface area (Å²) >= 11 is 0. The van der Waals surface area contributed by atoms with Crippen molar-refractivity contribution >= 4 is 0 Å². The molecule has 0 bridgehead atoms. The quantitative estimate of drug-likeness (QED) is 0.536.